The van der Waals surface area contributed by atoms with Crippen LogP contribution in [0.2, 0.25) is 5.02 Å². The van der Waals surface area contributed by atoms with Crippen LogP contribution in [0.15, 0.2) is 54.9 Å². The number of nitrogens with zero attached hydrogens (tertiary/aromatic N) is 2. The second-order valence-corrected chi connectivity index (χ2v) is 6.99. The molecule has 1 unspecified atom stereocenters. The van der Waals surface area contributed by atoms with E-state index in [0.717, 1.165) is 36.9 Å². The van der Waals surface area contributed by atoms with Crippen molar-refractivity contribution in [2.45, 2.75) is 25.3 Å². The number of aromatic nitrogens is 1. The number of hydrogen-bond donors (Lipinski definition) is 1. The van der Waals surface area contributed by atoms with Gasteiger partial charge in [0.1, 0.15) is 0 Å². The summed E-state index contributed by atoms with van der Waals surface area (Å²) in [5.41, 5.74) is 2.03. The third kappa shape index (κ3) is 4.90. The first kappa shape index (κ1) is 18.5. The molecule has 3 rings (SSSR count). The molecule has 0 spiro atoms. The minimum absolute atomic E-state index is 0.158. The predicted octanol–water partition coefficient (Wildman–Crippen LogP) is 4.38. The minimum Gasteiger partial charge on any atom is -0.342 e. The van der Waals surface area contributed by atoms with Gasteiger partial charge in [-0.25, -0.2) is 0 Å². The third-order valence-electron chi connectivity index (χ3n) is 4.36. The Hall–Kier alpha value is -2.24. The zero-order chi connectivity index (χ0) is 18.4. The van der Waals surface area contributed by atoms with Crippen molar-refractivity contribution in [3.63, 3.8) is 0 Å². The van der Waals surface area contributed by atoms with Gasteiger partial charge in [-0.1, -0.05) is 29.8 Å². The van der Waals surface area contributed by atoms with Crippen LogP contribution in [0, 0.1) is 0 Å². The maximum Gasteiger partial charge on any atom is 0.250 e. The molecule has 26 heavy (non-hydrogen) atoms. The lowest BCUT2D eigenvalue weighted by Gasteiger charge is -2.37. The second-order valence-electron chi connectivity index (χ2n) is 6.17. The van der Waals surface area contributed by atoms with Crippen LogP contribution >= 0.6 is 23.8 Å². The highest BCUT2D eigenvalue weighted by Gasteiger charge is 2.26. The number of piperidine rings is 1. The standard InChI is InChI=1S/C20H20ClN3OS/c21-17-9-6-15(7-10-17)8-11-19(25)23-20(26)24-13-2-1-5-18(24)16-4-3-12-22-14-16/h3-4,6-12,14,18H,1-2,5,13H2,(H,23,25,26)/b11-8+. The molecule has 1 saturated heterocycles. The molecular formula is C20H20ClN3OS. The van der Waals surface area contributed by atoms with Gasteiger partial charge in [0.15, 0.2) is 5.11 Å². The van der Waals surface area contributed by atoms with E-state index >= 15 is 0 Å². The Kier molecular flexibility index (Phi) is 6.36. The fraction of sp³-hybridized carbons (Fsp3) is 0.250. The zero-order valence-electron chi connectivity index (χ0n) is 14.3. The Morgan fingerprint density at radius 2 is 2.08 bits per heavy atom. The summed E-state index contributed by atoms with van der Waals surface area (Å²) in [4.78, 5) is 18.5. The van der Waals surface area contributed by atoms with Gasteiger partial charge in [0.05, 0.1) is 6.04 Å². The Balaban J connectivity index is 1.63. The van der Waals surface area contributed by atoms with E-state index in [1.807, 2.05) is 24.4 Å². The highest BCUT2D eigenvalue weighted by molar-refractivity contribution is 7.80. The second kappa shape index (κ2) is 8.92. The van der Waals surface area contributed by atoms with Gasteiger partial charge < -0.3 is 4.90 Å². The summed E-state index contributed by atoms with van der Waals surface area (Å²) in [6, 6.07) is 11.4. The van der Waals surface area contributed by atoms with Crippen molar-refractivity contribution in [3.05, 3.63) is 71.0 Å². The molecule has 6 heteroatoms. The van der Waals surface area contributed by atoms with Crippen LogP contribution in [0.5, 0.6) is 0 Å². The summed E-state index contributed by atoms with van der Waals surface area (Å²) >= 11 is 11.4. The van der Waals surface area contributed by atoms with Crippen molar-refractivity contribution >= 4 is 40.9 Å². The van der Waals surface area contributed by atoms with Gasteiger partial charge in [0, 0.05) is 30.0 Å². The smallest absolute Gasteiger partial charge is 0.250 e. The largest absolute Gasteiger partial charge is 0.342 e. The SMILES string of the molecule is O=C(/C=C/c1ccc(Cl)cc1)NC(=S)N1CCCCC1c1cccnc1. The van der Waals surface area contributed by atoms with Gasteiger partial charge in [-0.3, -0.25) is 15.1 Å². The topological polar surface area (TPSA) is 45.2 Å². The molecule has 2 aromatic rings. The Morgan fingerprint density at radius 3 is 2.81 bits per heavy atom. The summed E-state index contributed by atoms with van der Waals surface area (Å²) in [5, 5.41) is 3.94. The zero-order valence-corrected chi connectivity index (χ0v) is 15.8. The number of likely N-dealkylation sites (tertiary alicyclic amines) is 1. The molecule has 1 aromatic carbocycles. The fourth-order valence-electron chi connectivity index (χ4n) is 3.06. The van der Waals surface area contributed by atoms with E-state index in [1.165, 1.54) is 6.08 Å². The number of hydrogen-bond acceptors (Lipinski definition) is 3. The van der Waals surface area contributed by atoms with Crippen molar-refractivity contribution in [2.75, 3.05) is 6.54 Å². The fourth-order valence-corrected chi connectivity index (χ4v) is 3.50. The van der Waals surface area contributed by atoms with Crippen LogP contribution in [0.4, 0.5) is 0 Å². The van der Waals surface area contributed by atoms with E-state index < -0.39 is 0 Å². The number of carbonyl (C=O) groups excluding carboxylic acids is 1. The van der Waals surface area contributed by atoms with Crippen molar-refractivity contribution < 1.29 is 4.79 Å². The van der Waals surface area contributed by atoms with Gasteiger partial charge >= 0.3 is 0 Å². The Bertz CT molecular complexity index is 792. The molecule has 0 aliphatic carbocycles. The van der Waals surface area contributed by atoms with E-state index in [2.05, 4.69) is 21.3 Å². The molecule has 0 bridgehead atoms. The highest BCUT2D eigenvalue weighted by atomic mass is 35.5. The number of carbonyl (C=O) groups is 1. The van der Waals surface area contributed by atoms with Crippen LogP contribution < -0.4 is 5.32 Å². The van der Waals surface area contributed by atoms with E-state index in [9.17, 15) is 4.79 Å². The van der Waals surface area contributed by atoms with Gasteiger partial charge in [0.25, 0.3) is 0 Å². The van der Waals surface area contributed by atoms with Crippen molar-refractivity contribution in [2.24, 2.45) is 0 Å². The molecule has 1 amide bonds. The lowest BCUT2D eigenvalue weighted by Crippen LogP contribution is -2.46. The molecule has 2 heterocycles. The summed E-state index contributed by atoms with van der Waals surface area (Å²) in [6.07, 6.45) is 10.1. The first-order valence-electron chi connectivity index (χ1n) is 8.58. The molecular weight excluding hydrogens is 366 g/mol. The molecule has 4 nitrogen and oxygen atoms in total. The van der Waals surface area contributed by atoms with Gasteiger partial charge in [0.2, 0.25) is 5.91 Å². The molecule has 1 atom stereocenters. The predicted molar refractivity (Wildman–Crippen MR) is 109 cm³/mol. The number of amides is 1. The number of pyridine rings is 1. The van der Waals surface area contributed by atoms with Crippen LogP contribution in [0.25, 0.3) is 6.08 Å². The van der Waals surface area contributed by atoms with Crippen molar-refractivity contribution in [1.29, 1.82) is 0 Å². The third-order valence-corrected chi connectivity index (χ3v) is 4.95. The molecule has 1 aromatic heterocycles. The Labute approximate surface area is 163 Å². The van der Waals surface area contributed by atoms with E-state index in [-0.39, 0.29) is 11.9 Å². The highest BCUT2D eigenvalue weighted by Crippen LogP contribution is 2.30. The van der Waals surface area contributed by atoms with Crippen LogP contribution in [-0.2, 0) is 4.79 Å². The van der Waals surface area contributed by atoms with Crippen LogP contribution in [0.1, 0.15) is 36.4 Å². The average molecular weight is 386 g/mol. The average Bonchev–Trinajstić information content (AvgIpc) is 2.68. The first-order valence-corrected chi connectivity index (χ1v) is 9.37. The lowest BCUT2D eigenvalue weighted by molar-refractivity contribution is -0.115. The summed E-state index contributed by atoms with van der Waals surface area (Å²) in [7, 11) is 0. The molecule has 1 aliphatic heterocycles. The van der Waals surface area contributed by atoms with E-state index in [4.69, 9.17) is 23.8 Å². The minimum atomic E-state index is -0.236. The monoisotopic (exact) mass is 385 g/mol. The van der Waals surface area contributed by atoms with Gasteiger partial charge in [-0.2, -0.15) is 0 Å². The first-order chi connectivity index (χ1) is 12.6. The quantitative estimate of drug-likeness (QED) is 0.629. The van der Waals surface area contributed by atoms with Crippen molar-refractivity contribution in [1.82, 2.24) is 15.2 Å². The summed E-state index contributed by atoms with van der Waals surface area (Å²) in [5.74, 6) is -0.236. The van der Waals surface area contributed by atoms with Crippen LogP contribution in [0.3, 0.4) is 0 Å². The van der Waals surface area contributed by atoms with Gasteiger partial charge in [-0.15, -0.1) is 0 Å². The van der Waals surface area contributed by atoms with E-state index in [0.29, 0.717) is 10.1 Å². The normalized spacial score (nSPS) is 17.3. The number of benzene rings is 1. The number of nitrogens with one attached hydrogen (secondary N) is 1. The maximum atomic E-state index is 12.2. The summed E-state index contributed by atoms with van der Waals surface area (Å²) < 4.78 is 0. The molecule has 1 N–H and O–H groups in total. The van der Waals surface area contributed by atoms with E-state index in [1.54, 1.807) is 24.4 Å². The number of halogens is 1. The number of rotatable bonds is 3. The number of thiocarbonyl (C=S) groups is 1. The maximum absolute atomic E-state index is 12.2. The molecule has 1 fully saturated rings. The Morgan fingerprint density at radius 1 is 1.27 bits per heavy atom. The molecule has 1 aliphatic rings. The molecule has 0 saturated carbocycles. The molecule has 0 radical (unpaired) electrons. The van der Waals surface area contributed by atoms with Gasteiger partial charge in [-0.05, 0) is 66.9 Å². The summed E-state index contributed by atoms with van der Waals surface area (Å²) in [6.45, 7) is 0.833. The van der Waals surface area contributed by atoms with Crippen LogP contribution in [-0.4, -0.2) is 27.4 Å². The lowest BCUT2D eigenvalue weighted by atomic mass is 9.97. The van der Waals surface area contributed by atoms with Crippen molar-refractivity contribution in [3.8, 4) is 0 Å². The molecule has 134 valence electrons.